The number of rotatable bonds is 2. The molecule has 1 atom stereocenters. The van der Waals surface area contributed by atoms with Crippen LogP contribution in [-0.4, -0.2) is 5.91 Å². The van der Waals surface area contributed by atoms with E-state index in [0.717, 1.165) is 0 Å². The Morgan fingerprint density at radius 2 is 2.31 bits per heavy atom. The lowest BCUT2D eigenvalue weighted by Gasteiger charge is -2.20. The summed E-state index contributed by atoms with van der Waals surface area (Å²) in [6.07, 6.45) is 1.92. The Labute approximate surface area is 93.1 Å². The van der Waals surface area contributed by atoms with Gasteiger partial charge in [-0.2, -0.15) is 0 Å². The molecule has 0 saturated carbocycles. The number of carbonyl (C=O) groups is 1. The van der Waals surface area contributed by atoms with E-state index >= 15 is 0 Å². The van der Waals surface area contributed by atoms with Crippen molar-refractivity contribution >= 4 is 11.6 Å². The predicted molar refractivity (Wildman–Crippen MR) is 60.4 cm³/mol. The zero-order chi connectivity index (χ0) is 11.9. The molecule has 3 nitrogen and oxygen atoms in total. The molecule has 0 spiro atoms. The minimum atomic E-state index is -1.12. The molecule has 1 amide bonds. The number of fused-ring (bicyclic) bond motifs is 1. The van der Waals surface area contributed by atoms with Gasteiger partial charge in [-0.15, -0.1) is 6.58 Å². The zero-order valence-corrected chi connectivity index (χ0v) is 9.01. The van der Waals surface area contributed by atoms with Gasteiger partial charge in [-0.3, -0.25) is 4.79 Å². The van der Waals surface area contributed by atoms with E-state index in [1.807, 2.05) is 0 Å². The van der Waals surface area contributed by atoms with Crippen LogP contribution in [0.1, 0.15) is 17.5 Å². The van der Waals surface area contributed by atoms with Crippen LogP contribution in [0.2, 0.25) is 0 Å². The van der Waals surface area contributed by atoms with Gasteiger partial charge in [0, 0.05) is 11.1 Å². The van der Waals surface area contributed by atoms with E-state index in [9.17, 15) is 9.18 Å². The van der Waals surface area contributed by atoms with Crippen molar-refractivity contribution in [3.05, 3.63) is 41.7 Å². The maximum Gasteiger partial charge on any atom is 0.249 e. The standard InChI is InChI=1S/C12H13FN2O/c1-3-6-12(14)8-4-5-9(13)7(2)10(8)15-11(12)16/h3-5H,1,6,14H2,2H3,(H,15,16). The van der Waals surface area contributed by atoms with Crippen molar-refractivity contribution in [2.45, 2.75) is 18.9 Å². The summed E-state index contributed by atoms with van der Waals surface area (Å²) in [6.45, 7) is 5.20. The van der Waals surface area contributed by atoms with Crippen LogP contribution in [0.5, 0.6) is 0 Å². The number of halogens is 1. The molecule has 1 aliphatic heterocycles. The van der Waals surface area contributed by atoms with Gasteiger partial charge in [0.05, 0.1) is 5.69 Å². The summed E-state index contributed by atoms with van der Waals surface area (Å²) in [4.78, 5) is 11.8. The van der Waals surface area contributed by atoms with E-state index in [1.165, 1.54) is 6.07 Å². The number of hydrogen-bond donors (Lipinski definition) is 2. The molecular weight excluding hydrogens is 207 g/mol. The normalized spacial score (nSPS) is 22.8. The van der Waals surface area contributed by atoms with Gasteiger partial charge in [0.2, 0.25) is 5.91 Å². The quantitative estimate of drug-likeness (QED) is 0.747. The second kappa shape index (κ2) is 3.42. The van der Waals surface area contributed by atoms with E-state index in [0.29, 0.717) is 23.2 Å². The zero-order valence-electron chi connectivity index (χ0n) is 9.01. The van der Waals surface area contributed by atoms with Crippen LogP contribution in [0.15, 0.2) is 24.8 Å². The minimum Gasteiger partial charge on any atom is -0.323 e. The molecule has 16 heavy (non-hydrogen) atoms. The first-order chi connectivity index (χ1) is 7.50. The van der Waals surface area contributed by atoms with Gasteiger partial charge in [0.25, 0.3) is 0 Å². The predicted octanol–water partition coefficient (Wildman–Crippen LogP) is 1.82. The summed E-state index contributed by atoms with van der Waals surface area (Å²) in [5.41, 5.74) is 6.47. The number of amides is 1. The summed E-state index contributed by atoms with van der Waals surface area (Å²) in [6, 6.07) is 2.89. The van der Waals surface area contributed by atoms with Crippen molar-refractivity contribution in [2.24, 2.45) is 5.73 Å². The second-order valence-corrected chi connectivity index (χ2v) is 4.01. The van der Waals surface area contributed by atoms with Gasteiger partial charge in [-0.05, 0) is 19.4 Å². The smallest absolute Gasteiger partial charge is 0.249 e. The lowest BCUT2D eigenvalue weighted by Crippen LogP contribution is -2.42. The highest BCUT2D eigenvalue weighted by molar-refractivity contribution is 6.06. The fraction of sp³-hybridized carbons (Fsp3) is 0.250. The van der Waals surface area contributed by atoms with Crippen molar-refractivity contribution in [3.8, 4) is 0 Å². The topological polar surface area (TPSA) is 55.1 Å². The van der Waals surface area contributed by atoms with Crippen molar-refractivity contribution in [1.29, 1.82) is 0 Å². The number of nitrogens with two attached hydrogens (primary N) is 1. The Kier molecular flexibility index (Phi) is 2.31. The molecule has 0 saturated heterocycles. The Balaban J connectivity index is 2.63. The number of nitrogens with one attached hydrogen (secondary N) is 1. The van der Waals surface area contributed by atoms with Crippen LogP contribution in [0.25, 0.3) is 0 Å². The highest BCUT2D eigenvalue weighted by atomic mass is 19.1. The average Bonchev–Trinajstić information content (AvgIpc) is 2.48. The SMILES string of the molecule is C=CCC1(N)C(=O)Nc2c1ccc(F)c2C. The van der Waals surface area contributed by atoms with Crippen LogP contribution >= 0.6 is 0 Å². The lowest BCUT2D eigenvalue weighted by molar-refractivity contribution is -0.120. The molecule has 0 aliphatic carbocycles. The fourth-order valence-corrected chi connectivity index (χ4v) is 2.00. The van der Waals surface area contributed by atoms with Gasteiger partial charge in [0.1, 0.15) is 11.4 Å². The average molecular weight is 220 g/mol. The van der Waals surface area contributed by atoms with Crippen molar-refractivity contribution in [2.75, 3.05) is 5.32 Å². The monoisotopic (exact) mass is 220 g/mol. The van der Waals surface area contributed by atoms with Crippen LogP contribution in [-0.2, 0) is 10.3 Å². The van der Waals surface area contributed by atoms with Gasteiger partial charge >= 0.3 is 0 Å². The number of hydrogen-bond acceptors (Lipinski definition) is 2. The summed E-state index contributed by atoms with van der Waals surface area (Å²) < 4.78 is 13.3. The molecule has 4 heteroatoms. The van der Waals surface area contributed by atoms with Gasteiger partial charge in [-0.25, -0.2) is 4.39 Å². The van der Waals surface area contributed by atoms with Gasteiger partial charge in [-0.1, -0.05) is 12.1 Å². The minimum absolute atomic E-state index is 0.309. The van der Waals surface area contributed by atoms with E-state index in [4.69, 9.17) is 5.73 Å². The first kappa shape index (κ1) is 10.8. The molecule has 1 aliphatic rings. The Morgan fingerprint density at radius 3 is 2.94 bits per heavy atom. The molecule has 1 aromatic rings. The summed E-state index contributed by atoms with van der Waals surface area (Å²) in [5.74, 6) is -0.655. The highest BCUT2D eigenvalue weighted by Gasteiger charge is 2.43. The van der Waals surface area contributed by atoms with Gasteiger partial charge in [0.15, 0.2) is 0 Å². The maximum absolute atomic E-state index is 13.3. The van der Waals surface area contributed by atoms with Crippen molar-refractivity contribution < 1.29 is 9.18 Å². The van der Waals surface area contributed by atoms with Crippen LogP contribution in [0.3, 0.4) is 0 Å². The van der Waals surface area contributed by atoms with Crippen molar-refractivity contribution in [1.82, 2.24) is 0 Å². The second-order valence-electron chi connectivity index (χ2n) is 4.01. The molecule has 1 aromatic carbocycles. The highest BCUT2D eigenvalue weighted by Crippen LogP contribution is 2.39. The van der Waals surface area contributed by atoms with E-state index in [2.05, 4.69) is 11.9 Å². The first-order valence-electron chi connectivity index (χ1n) is 5.01. The third-order valence-corrected chi connectivity index (χ3v) is 2.99. The number of carbonyl (C=O) groups excluding carboxylic acids is 1. The first-order valence-corrected chi connectivity index (χ1v) is 5.01. The molecule has 0 fully saturated rings. The molecule has 84 valence electrons. The summed E-state index contributed by atoms with van der Waals surface area (Å²) >= 11 is 0. The fourth-order valence-electron chi connectivity index (χ4n) is 2.00. The maximum atomic E-state index is 13.3. The third-order valence-electron chi connectivity index (χ3n) is 2.99. The Bertz CT molecular complexity index is 484. The molecule has 1 unspecified atom stereocenters. The molecule has 2 rings (SSSR count). The largest absolute Gasteiger partial charge is 0.323 e. The lowest BCUT2D eigenvalue weighted by atomic mass is 9.88. The third kappa shape index (κ3) is 1.27. The van der Waals surface area contributed by atoms with E-state index in [-0.39, 0.29) is 11.7 Å². The number of anilines is 1. The van der Waals surface area contributed by atoms with Gasteiger partial charge < -0.3 is 11.1 Å². The molecule has 1 heterocycles. The van der Waals surface area contributed by atoms with E-state index in [1.54, 1.807) is 19.1 Å². The number of benzene rings is 1. The Hall–Kier alpha value is -1.68. The van der Waals surface area contributed by atoms with Crippen LogP contribution in [0.4, 0.5) is 10.1 Å². The molecule has 0 aromatic heterocycles. The molecule has 3 N–H and O–H groups in total. The summed E-state index contributed by atoms with van der Waals surface area (Å²) in [7, 11) is 0. The summed E-state index contributed by atoms with van der Waals surface area (Å²) in [5, 5.41) is 2.63. The van der Waals surface area contributed by atoms with Crippen LogP contribution in [0, 0.1) is 12.7 Å². The van der Waals surface area contributed by atoms with Crippen LogP contribution < -0.4 is 11.1 Å². The molecule has 0 bridgehead atoms. The molecule has 0 radical (unpaired) electrons. The molecular formula is C12H13FN2O. The van der Waals surface area contributed by atoms with E-state index < -0.39 is 5.54 Å². The Morgan fingerprint density at radius 1 is 1.62 bits per heavy atom. The van der Waals surface area contributed by atoms with Crippen molar-refractivity contribution in [3.63, 3.8) is 0 Å².